The number of nitrogens with one attached hydrogen (secondary N) is 1. The van der Waals surface area contributed by atoms with E-state index in [1.54, 1.807) is 18.5 Å². The van der Waals surface area contributed by atoms with Gasteiger partial charge in [-0.15, -0.1) is 0 Å². The lowest BCUT2D eigenvalue weighted by Crippen LogP contribution is -2.37. The van der Waals surface area contributed by atoms with Crippen molar-refractivity contribution in [3.8, 4) is 0 Å². The van der Waals surface area contributed by atoms with Crippen LogP contribution >= 0.6 is 11.6 Å². The highest BCUT2D eigenvalue weighted by atomic mass is 35.5. The minimum atomic E-state index is -0.501. The van der Waals surface area contributed by atoms with Gasteiger partial charge in [0.25, 0.3) is 5.56 Å². The Bertz CT molecular complexity index is 677. The summed E-state index contributed by atoms with van der Waals surface area (Å²) in [5.41, 5.74) is 0.408. The molecule has 1 N–H and O–H groups in total. The summed E-state index contributed by atoms with van der Waals surface area (Å²) in [6.07, 6.45) is 4.59. The summed E-state index contributed by atoms with van der Waals surface area (Å²) in [5, 5.41) is 0.138. The SMILES string of the molecule is CCCc1c(Cl)[nH]c(=O)n(Cc2cccnc2)c1=O. The Kier molecular flexibility index (Phi) is 4.16. The Morgan fingerprint density at radius 2 is 2.21 bits per heavy atom. The molecule has 5 nitrogen and oxygen atoms in total. The van der Waals surface area contributed by atoms with E-state index >= 15 is 0 Å². The summed E-state index contributed by atoms with van der Waals surface area (Å²) in [6, 6.07) is 3.57. The standard InChI is InChI=1S/C13H14ClN3O2/c1-2-4-10-11(14)16-13(19)17(12(10)18)8-9-5-3-6-15-7-9/h3,5-7H,2,4,8H2,1H3,(H,16,19). The number of halogens is 1. The average molecular weight is 280 g/mol. The van der Waals surface area contributed by atoms with Gasteiger partial charge < -0.3 is 0 Å². The molecule has 0 amide bonds. The second kappa shape index (κ2) is 5.84. The van der Waals surface area contributed by atoms with Crippen molar-refractivity contribution in [3.05, 3.63) is 61.6 Å². The van der Waals surface area contributed by atoms with Gasteiger partial charge in [-0.25, -0.2) is 4.79 Å². The van der Waals surface area contributed by atoms with Gasteiger partial charge in [0.05, 0.1) is 12.1 Å². The van der Waals surface area contributed by atoms with E-state index in [9.17, 15) is 9.59 Å². The monoisotopic (exact) mass is 279 g/mol. The topological polar surface area (TPSA) is 67.8 Å². The molecule has 2 heterocycles. The smallest absolute Gasteiger partial charge is 0.297 e. The number of nitrogens with zero attached hydrogens (tertiary/aromatic N) is 2. The highest BCUT2D eigenvalue weighted by Crippen LogP contribution is 2.08. The molecule has 0 aromatic carbocycles. The van der Waals surface area contributed by atoms with Crippen LogP contribution in [-0.2, 0) is 13.0 Å². The third-order valence-electron chi connectivity index (χ3n) is 2.79. The molecule has 0 saturated carbocycles. The van der Waals surface area contributed by atoms with Crippen LogP contribution in [0, 0.1) is 0 Å². The Morgan fingerprint density at radius 1 is 1.42 bits per heavy atom. The normalized spacial score (nSPS) is 10.6. The first-order valence-corrected chi connectivity index (χ1v) is 6.41. The van der Waals surface area contributed by atoms with Gasteiger partial charge in [0.1, 0.15) is 5.15 Å². The van der Waals surface area contributed by atoms with Crippen molar-refractivity contribution >= 4 is 11.6 Å². The predicted octanol–water partition coefficient (Wildman–Crippen LogP) is 1.59. The van der Waals surface area contributed by atoms with Crippen molar-refractivity contribution in [1.82, 2.24) is 14.5 Å². The molecule has 0 atom stereocenters. The fourth-order valence-corrected chi connectivity index (χ4v) is 2.13. The van der Waals surface area contributed by atoms with Crippen LogP contribution in [0.1, 0.15) is 24.5 Å². The predicted molar refractivity (Wildman–Crippen MR) is 73.7 cm³/mol. The maximum absolute atomic E-state index is 12.2. The van der Waals surface area contributed by atoms with Crippen LogP contribution < -0.4 is 11.2 Å². The van der Waals surface area contributed by atoms with Gasteiger partial charge in [-0.05, 0) is 18.1 Å². The van der Waals surface area contributed by atoms with Crippen LogP contribution in [0.3, 0.4) is 0 Å². The molecule has 0 unspecified atom stereocenters. The molecule has 19 heavy (non-hydrogen) atoms. The highest BCUT2D eigenvalue weighted by molar-refractivity contribution is 6.30. The van der Waals surface area contributed by atoms with Crippen LogP contribution in [0.5, 0.6) is 0 Å². The third-order valence-corrected chi connectivity index (χ3v) is 3.12. The second-order valence-electron chi connectivity index (χ2n) is 4.23. The third kappa shape index (κ3) is 2.93. The lowest BCUT2D eigenvalue weighted by Gasteiger charge is -2.08. The number of aromatic nitrogens is 3. The number of pyridine rings is 1. The summed E-state index contributed by atoms with van der Waals surface area (Å²) in [4.78, 5) is 30.5. The molecule has 0 aliphatic rings. The molecule has 0 aliphatic heterocycles. The number of aromatic amines is 1. The van der Waals surface area contributed by atoms with E-state index < -0.39 is 5.69 Å². The molecule has 2 aromatic heterocycles. The van der Waals surface area contributed by atoms with E-state index in [0.717, 1.165) is 16.6 Å². The lowest BCUT2D eigenvalue weighted by molar-refractivity contribution is 0.679. The van der Waals surface area contributed by atoms with Gasteiger partial charge in [0.15, 0.2) is 0 Å². The molecule has 0 fully saturated rings. The van der Waals surface area contributed by atoms with Crippen molar-refractivity contribution in [2.75, 3.05) is 0 Å². The fraction of sp³-hybridized carbons (Fsp3) is 0.308. The molecule has 6 heteroatoms. The molecular weight excluding hydrogens is 266 g/mol. The van der Waals surface area contributed by atoms with Crippen molar-refractivity contribution in [1.29, 1.82) is 0 Å². The van der Waals surface area contributed by atoms with Crippen molar-refractivity contribution < 1.29 is 0 Å². The van der Waals surface area contributed by atoms with E-state index in [-0.39, 0.29) is 17.3 Å². The van der Waals surface area contributed by atoms with E-state index in [2.05, 4.69) is 9.97 Å². The van der Waals surface area contributed by atoms with Crippen LogP contribution in [0.15, 0.2) is 34.1 Å². The Balaban J connectivity index is 2.49. The summed E-state index contributed by atoms with van der Waals surface area (Å²) < 4.78 is 1.15. The highest BCUT2D eigenvalue weighted by Gasteiger charge is 2.12. The van der Waals surface area contributed by atoms with Crippen LogP contribution in [0.2, 0.25) is 5.15 Å². The molecular formula is C13H14ClN3O2. The molecule has 0 saturated heterocycles. The van der Waals surface area contributed by atoms with Gasteiger partial charge in [0.2, 0.25) is 0 Å². The van der Waals surface area contributed by atoms with Gasteiger partial charge in [0, 0.05) is 12.4 Å². The van der Waals surface area contributed by atoms with E-state index in [4.69, 9.17) is 11.6 Å². The zero-order chi connectivity index (χ0) is 13.8. The second-order valence-corrected chi connectivity index (χ2v) is 4.60. The van der Waals surface area contributed by atoms with Crippen molar-refractivity contribution in [2.45, 2.75) is 26.3 Å². The van der Waals surface area contributed by atoms with Gasteiger partial charge in [-0.1, -0.05) is 31.0 Å². The molecule has 2 aromatic rings. The zero-order valence-corrected chi connectivity index (χ0v) is 11.3. The Morgan fingerprint density at radius 3 is 2.84 bits per heavy atom. The minimum absolute atomic E-state index is 0.138. The zero-order valence-electron chi connectivity index (χ0n) is 10.5. The van der Waals surface area contributed by atoms with Crippen LogP contribution in [0.4, 0.5) is 0 Å². The maximum Gasteiger partial charge on any atom is 0.329 e. The van der Waals surface area contributed by atoms with Gasteiger partial charge in [-0.2, -0.15) is 0 Å². The molecule has 100 valence electrons. The Hall–Kier alpha value is -1.88. The number of hydrogen-bond acceptors (Lipinski definition) is 3. The Labute approximate surface area is 114 Å². The number of H-pyrrole nitrogens is 1. The molecule has 0 spiro atoms. The quantitative estimate of drug-likeness (QED) is 0.864. The van der Waals surface area contributed by atoms with Crippen molar-refractivity contribution in [2.24, 2.45) is 0 Å². The number of hydrogen-bond donors (Lipinski definition) is 1. The first-order valence-electron chi connectivity index (χ1n) is 6.04. The minimum Gasteiger partial charge on any atom is -0.297 e. The van der Waals surface area contributed by atoms with Crippen LogP contribution in [-0.4, -0.2) is 14.5 Å². The van der Waals surface area contributed by atoms with Crippen molar-refractivity contribution in [3.63, 3.8) is 0 Å². The molecule has 2 rings (SSSR count). The van der Waals surface area contributed by atoms with Gasteiger partial charge >= 0.3 is 5.69 Å². The first-order chi connectivity index (χ1) is 9.13. The van der Waals surface area contributed by atoms with Gasteiger partial charge in [-0.3, -0.25) is 19.3 Å². The fourth-order valence-electron chi connectivity index (χ4n) is 1.87. The summed E-state index contributed by atoms with van der Waals surface area (Å²) in [7, 11) is 0. The number of rotatable bonds is 4. The lowest BCUT2D eigenvalue weighted by atomic mass is 10.2. The first kappa shape index (κ1) is 13.5. The van der Waals surface area contributed by atoms with E-state index in [1.807, 2.05) is 13.0 Å². The summed E-state index contributed by atoms with van der Waals surface area (Å²) >= 11 is 5.91. The van der Waals surface area contributed by atoms with Crippen LogP contribution in [0.25, 0.3) is 0 Å². The average Bonchev–Trinajstić information content (AvgIpc) is 2.41. The molecule has 0 radical (unpaired) electrons. The summed E-state index contributed by atoms with van der Waals surface area (Å²) in [6.45, 7) is 2.14. The largest absolute Gasteiger partial charge is 0.329 e. The summed E-state index contributed by atoms with van der Waals surface area (Å²) in [5.74, 6) is 0. The maximum atomic E-state index is 12.2. The van der Waals surface area contributed by atoms with E-state index in [0.29, 0.717) is 12.0 Å². The molecule has 0 bridgehead atoms. The molecule has 0 aliphatic carbocycles. The van der Waals surface area contributed by atoms with E-state index in [1.165, 1.54) is 0 Å².